The van der Waals surface area contributed by atoms with Gasteiger partial charge in [-0.2, -0.15) is 13.2 Å². The number of benzene rings is 1. The highest BCUT2D eigenvalue weighted by Gasteiger charge is 2.34. The van der Waals surface area contributed by atoms with E-state index in [4.69, 9.17) is 0 Å². The van der Waals surface area contributed by atoms with Crippen LogP contribution in [0.5, 0.6) is 0 Å². The Morgan fingerprint density at radius 3 is 2.45 bits per heavy atom. The van der Waals surface area contributed by atoms with Gasteiger partial charge in [-0.15, -0.1) is 0 Å². The lowest BCUT2D eigenvalue weighted by Gasteiger charge is -2.14. The first-order valence-corrected chi connectivity index (χ1v) is 5.73. The molecule has 108 valence electrons. The average Bonchev–Trinajstić information content (AvgIpc) is 2.39. The van der Waals surface area contributed by atoms with Crippen molar-refractivity contribution >= 4 is 10.9 Å². The molecule has 5 nitrogen and oxygen atoms in total. The van der Waals surface area contributed by atoms with Crippen molar-refractivity contribution in [2.24, 2.45) is 7.05 Å². The van der Waals surface area contributed by atoms with Crippen LogP contribution in [0.3, 0.4) is 0 Å². The molecule has 1 aromatic heterocycles. The standard InChI is InChI=1S/C12H12F3N3O2/c1-16-6-18-10(19)9-7(12(13,14)15)4-3-5-8(9)17(2)11(18)20/h3-5,16H,6H2,1-2H3. The Morgan fingerprint density at radius 1 is 1.25 bits per heavy atom. The molecule has 0 spiro atoms. The van der Waals surface area contributed by atoms with Crippen LogP contribution in [0.15, 0.2) is 27.8 Å². The van der Waals surface area contributed by atoms with Crippen molar-refractivity contribution in [3.8, 4) is 0 Å². The number of nitrogens with zero attached hydrogens (tertiary/aromatic N) is 2. The second kappa shape index (κ2) is 4.78. The Kier molecular flexibility index (Phi) is 3.43. The number of aryl methyl sites for hydroxylation is 1. The van der Waals surface area contributed by atoms with E-state index >= 15 is 0 Å². The van der Waals surface area contributed by atoms with E-state index in [1.54, 1.807) is 0 Å². The molecule has 0 unspecified atom stereocenters. The molecular formula is C12H12F3N3O2. The van der Waals surface area contributed by atoms with Crippen LogP contribution in [0, 0.1) is 0 Å². The van der Waals surface area contributed by atoms with E-state index in [-0.39, 0.29) is 12.2 Å². The third kappa shape index (κ3) is 2.11. The summed E-state index contributed by atoms with van der Waals surface area (Å²) in [5, 5.41) is 2.08. The summed E-state index contributed by atoms with van der Waals surface area (Å²) in [6, 6.07) is 3.32. The van der Waals surface area contributed by atoms with Crippen LogP contribution in [0.1, 0.15) is 5.56 Å². The van der Waals surface area contributed by atoms with Crippen molar-refractivity contribution in [1.29, 1.82) is 0 Å². The van der Waals surface area contributed by atoms with Crippen LogP contribution in [0.2, 0.25) is 0 Å². The van der Waals surface area contributed by atoms with E-state index in [1.807, 2.05) is 0 Å². The van der Waals surface area contributed by atoms with Gasteiger partial charge in [-0.05, 0) is 19.2 Å². The first-order chi connectivity index (χ1) is 9.29. The zero-order valence-corrected chi connectivity index (χ0v) is 10.8. The first kappa shape index (κ1) is 14.3. The minimum absolute atomic E-state index is 0.0396. The fourth-order valence-electron chi connectivity index (χ4n) is 2.08. The number of rotatable bonds is 2. The second-order valence-electron chi connectivity index (χ2n) is 4.28. The topological polar surface area (TPSA) is 56.0 Å². The molecule has 2 aromatic rings. The Labute approximate surface area is 111 Å². The molecule has 0 amide bonds. The summed E-state index contributed by atoms with van der Waals surface area (Å²) < 4.78 is 40.8. The van der Waals surface area contributed by atoms with Gasteiger partial charge in [0.25, 0.3) is 5.56 Å². The molecule has 0 bridgehead atoms. The summed E-state index contributed by atoms with van der Waals surface area (Å²) >= 11 is 0. The quantitative estimate of drug-likeness (QED) is 0.892. The molecule has 0 fully saturated rings. The lowest BCUT2D eigenvalue weighted by atomic mass is 10.1. The van der Waals surface area contributed by atoms with E-state index in [0.29, 0.717) is 0 Å². The maximum absolute atomic E-state index is 13.0. The minimum atomic E-state index is -4.66. The van der Waals surface area contributed by atoms with Crippen molar-refractivity contribution in [3.05, 3.63) is 44.6 Å². The van der Waals surface area contributed by atoms with Gasteiger partial charge in [0.15, 0.2) is 0 Å². The first-order valence-electron chi connectivity index (χ1n) is 5.73. The zero-order valence-electron chi connectivity index (χ0n) is 10.8. The van der Waals surface area contributed by atoms with Gasteiger partial charge in [0.1, 0.15) is 0 Å². The molecule has 0 aliphatic heterocycles. The van der Waals surface area contributed by atoms with E-state index in [9.17, 15) is 22.8 Å². The number of hydrogen-bond donors (Lipinski definition) is 1. The van der Waals surface area contributed by atoms with Crippen molar-refractivity contribution < 1.29 is 13.2 Å². The number of halogens is 3. The van der Waals surface area contributed by atoms with Crippen molar-refractivity contribution in [1.82, 2.24) is 14.5 Å². The van der Waals surface area contributed by atoms with Crippen LogP contribution in [0.25, 0.3) is 10.9 Å². The number of fused-ring (bicyclic) bond motifs is 1. The Balaban J connectivity index is 3.03. The van der Waals surface area contributed by atoms with Crippen LogP contribution in [-0.4, -0.2) is 16.2 Å². The summed E-state index contributed by atoms with van der Waals surface area (Å²) in [6.07, 6.45) is -4.66. The molecular weight excluding hydrogens is 275 g/mol. The summed E-state index contributed by atoms with van der Waals surface area (Å²) in [7, 11) is 2.82. The molecule has 0 aliphatic carbocycles. The monoisotopic (exact) mass is 287 g/mol. The SMILES string of the molecule is CNCn1c(=O)c2c(C(F)(F)F)cccc2n(C)c1=O. The van der Waals surface area contributed by atoms with Gasteiger partial charge in [-0.3, -0.25) is 9.36 Å². The smallest absolute Gasteiger partial charge is 0.302 e. The fourth-order valence-corrected chi connectivity index (χ4v) is 2.08. The van der Waals surface area contributed by atoms with E-state index in [0.717, 1.165) is 15.2 Å². The highest BCUT2D eigenvalue weighted by molar-refractivity contribution is 5.82. The average molecular weight is 287 g/mol. The normalized spacial score (nSPS) is 12.1. The molecule has 2 rings (SSSR count). The Bertz CT molecular complexity index is 774. The number of alkyl halides is 3. The van der Waals surface area contributed by atoms with Gasteiger partial charge in [0, 0.05) is 7.05 Å². The molecule has 1 aromatic carbocycles. The zero-order chi connectivity index (χ0) is 15.1. The molecule has 0 saturated carbocycles. The van der Waals surface area contributed by atoms with Crippen molar-refractivity contribution in [2.75, 3.05) is 7.05 Å². The molecule has 0 radical (unpaired) electrons. The van der Waals surface area contributed by atoms with E-state index in [2.05, 4.69) is 5.32 Å². The highest BCUT2D eigenvalue weighted by Crippen LogP contribution is 2.32. The van der Waals surface area contributed by atoms with E-state index in [1.165, 1.54) is 26.2 Å². The third-order valence-corrected chi connectivity index (χ3v) is 3.00. The molecule has 0 atom stereocenters. The maximum atomic E-state index is 13.0. The number of aromatic nitrogens is 2. The predicted octanol–water partition coefficient (Wildman–Crippen LogP) is 0.896. The largest absolute Gasteiger partial charge is 0.417 e. The molecule has 1 N–H and O–H groups in total. The van der Waals surface area contributed by atoms with Gasteiger partial charge in [0.05, 0.1) is 23.1 Å². The van der Waals surface area contributed by atoms with Crippen LogP contribution in [-0.2, 0) is 19.9 Å². The third-order valence-electron chi connectivity index (χ3n) is 3.00. The lowest BCUT2D eigenvalue weighted by Crippen LogP contribution is -2.42. The maximum Gasteiger partial charge on any atom is 0.417 e. The van der Waals surface area contributed by atoms with Gasteiger partial charge in [0.2, 0.25) is 0 Å². The van der Waals surface area contributed by atoms with Gasteiger partial charge < -0.3 is 5.32 Å². The second-order valence-corrected chi connectivity index (χ2v) is 4.28. The molecule has 20 heavy (non-hydrogen) atoms. The van der Waals surface area contributed by atoms with Gasteiger partial charge in [-0.1, -0.05) is 6.07 Å². The number of nitrogens with one attached hydrogen (secondary N) is 1. The van der Waals surface area contributed by atoms with Gasteiger partial charge >= 0.3 is 11.9 Å². The lowest BCUT2D eigenvalue weighted by molar-refractivity contribution is -0.136. The molecule has 8 heteroatoms. The molecule has 1 heterocycles. The van der Waals surface area contributed by atoms with Crippen molar-refractivity contribution in [2.45, 2.75) is 12.8 Å². The van der Waals surface area contributed by atoms with Crippen LogP contribution >= 0.6 is 0 Å². The Hall–Kier alpha value is -2.09. The Morgan fingerprint density at radius 2 is 1.90 bits per heavy atom. The van der Waals surface area contributed by atoms with Gasteiger partial charge in [-0.25, -0.2) is 9.36 Å². The minimum Gasteiger partial charge on any atom is -0.302 e. The van der Waals surface area contributed by atoms with Crippen LogP contribution in [0.4, 0.5) is 13.2 Å². The van der Waals surface area contributed by atoms with Crippen molar-refractivity contribution in [3.63, 3.8) is 0 Å². The molecule has 0 saturated heterocycles. The summed E-state index contributed by atoms with van der Waals surface area (Å²) in [4.78, 5) is 24.1. The molecule has 0 aliphatic rings. The predicted molar refractivity (Wildman–Crippen MR) is 67.5 cm³/mol. The van der Waals surface area contributed by atoms with Crippen LogP contribution < -0.4 is 16.6 Å². The number of hydrogen-bond acceptors (Lipinski definition) is 3. The summed E-state index contributed by atoms with van der Waals surface area (Å²) in [6.45, 7) is -0.159. The summed E-state index contributed by atoms with van der Waals surface area (Å²) in [5.41, 5.74) is -2.70. The summed E-state index contributed by atoms with van der Waals surface area (Å²) in [5.74, 6) is 0. The van der Waals surface area contributed by atoms with E-state index < -0.39 is 28.4 Å². The highest BCUT2D eigenvalue weighted by atomic mass is 19.4. The fraction of sp³-hybridized carbons (Fsp3) is 0.333.